The Kier molecular flexibility index (Phi) is 5.08. The summed E-state index contributed by atoms with van der Waals surface area (Å²) in [7, 11) is 0. The lowest BCUT2D eigenvalue weighted by molar-refractivity contribution is -0.124. The molecule has 1 aliphatic carbocycles. The van der Waals surface area contributed by atoms with E-state index < -0.39 is 6.61 Å². The number of halogens is 2. The summed E-state index contributed by atoms with van der Waals surface area (Å²) in [5.41, 5.74) is 0.692. The molecule has 0 bridgehead atoms. The average Bonchev–Trinajstić information content (AvgIpc) is 2.83. The molecule has 0 spiro atoms. The third-order valence-corrected chi connectivity index (χ3v) is 4.58. The minimum atomic E-state index is -2.92. The Bertz CT molecular complexity index is 672. The standard InChI is InChI=1S/C17H18F2N2O2S/c18-16(19)23-14-9-5-4-6-11(14)10-13-15(22)21(17(24)20-13)12-7-2-1-3-8-12/h4-6,9-10,12,16H,1-3,7-8H2,(H,20,24). The number of alkyl halides is 2. The highest BCUT2D eigenvalue weighted by atomic mass is 32.1. The predicted molar refractivity (Wildman–Crippen MR) is 90.5 cm³/mol. The first kappa shape index (κ1) is 16.8. The molecule has 3 rings (SSSR count). The number of carbonyl (C=O) groups excluding carboxylic acids is 1. The van der Waals surface area contributed by atoms with Crippen LogP contribution >= 0.6 is 12.2 Å². The van der Waals surface area contributed by atoms with Crippen molar-refractivity contribution in [2.45, 2.75) is 44.8 Å². The van der Waals surface area contributed by atoms with Crippen molar-refractivity contribution in [2.24, 2.45) is 0 Å². The molecular weight excluding hydrogens is 334 g/mol. The third-order valence-electron chi connectivity index (χ3n) is 4.28. The van der Waals surface area contributed by atoms with Gasteiger partial charge in [-0.2, -0.15) is 8.78 Å². The molecular formula is C17H18F2N2O2S. The van der Waals surface area contributed by atoms with Gasteiger partial charge in [0.2, 0.25) is 0 Å². The Morgan fingerprint density at radius 2 is 1.96 bits per heavy atom. The lowest BCUT2D eigenvalue weighted by atomic mass is 9.94. The van der Waals surface area contributed by atoms with Crippen LogP contribution in [0.1, 0.15) is 37.7 Å². The van der Waals surface area contributed by atoms with E-state index in [4.69, 9.17) is 12.2 Å². The summed E-state index contributed by atoms with van der Waals surface area (Å²) in [5.74, 6) is -0.185. The molecule has 1 saturated heterocycles. The first-order chi connectivity index (χ1) is 11.6. The zero-order valence-corrected chi connectivity index (χ0v) is 13.8. The van der Waals surface area contributed by atoms with Crippen LogP contribution in [-0.4, -0.2) is 28.6 Å². The minimum absolute atomic E-state index is 0.0247. The van der Waals surface area contributed by atoms with E-state index in [-0.39, 0.29) is 23.4 Å². The van der Waals surface area contributed by atoms with Crippen molar-refractivity contribution in [1.82, 2.24) is 10.2 Å². The fourth-order valence-electron chi connectivity index (χ4n) is 3.18. The molecule has 2 fully saturated rings. The van der Waals surface area contributed by atoms with Gasteiger partial charge < -0.3 is 10.1 Å². The summed E-state index contributed by atoms with van der Waals surface area (Å²) in [6.07, 6.45) is 6.73. The number of amides is 1. The molecule has 7 heteroatoms. The fourth-order valence-corrected chi connectivity index (χ4v) is 3.52. The summed E-state index contributed by atoms with van der Waals surface area (Å²) < 4.78 is 29.5. The number of nitrogens with one attached hydrogen (secondary N) is 1. The number of carbonyl (C=O) groups is 1. The largest absolute Gasteiger partial charge is 0.434 e. The molecule has 1 heterocycles. The van der Waals surface area contributed by atoms with Gasteiger partial charge in [0.15, 0.2) is 5.11 Å². The molecule has 0 unspecified atom stereocenters. The van der Waals surface area contributed by atoms with Gasteiger partial charge in [0.1, 0.15) is 11.4 Å². The Labute approximate surface area is 144 Å². The van der Waals surface area contributed by atoms with Crippen LogP contribution in [0.5, 0.6) is 5.75 Å². The number of hydrogen-bond donors (Lipinski definition) is 1. The van der Waals surface area contributed by atoms with E-state index in [0.717, 1.165) is 25.7 Å². The maximum atomic E-state index is 12.7. The highest BCUT2D eigenvalue weighted by Crippen LogP contribution is 2.28. The molecule has 1 aliphatic heterocycles. The summed E-state index contributed by atoms with van der Waals surface area (Å²) in [4.78, 5) is 14.3. The first-order valence-electron chi connectivity index (χ1n) is 7.96. The van der Waals surface area contributed by atoms with Crippen LogP contribution in [0.15, 0.2) is 30.0 Å². The number of thiocarbonyl (C=S) groups is 1. The topological polar surface area (TPSA) is 41.6 Å². The second-order valence-electron chi connectivity index (χ2n) is 5.87. The van der Waals surface area contributed by atoms with E-state index in [9.17, 15) is 13.6 Å². The van der Waals surface area contributed by atoms with Crippen molar-refractivity contribution in [3.63, 3.8) is 0 Å². The van der Waals surface area contributed by atoms with Gasteiger partial charge in [0.25, 0.3) is 5.91 Å². The molecule has 24 heavy (non-hydrogen) atoms. The number of para-hydroxylation sites is 1. The molecule has 1 amide bonds. The first-order valence-corrected chi connectivity index (χ1v) is 8.37. The molecule has 0 aromatic heterocycles. The number of benzene rings is 1. The smallest absolute Gasteiger partial charge is 0.387 e. The SMILES string of the molecule is O=C1C(=Cc2ccccc2OC(F)F)NC(=S)N1C1CCCCC1. The van der Waals surface area contributed by atoms with E-state index in [1.165, 1.54) is 18.6 Å². The van der Waals surface area contributed by atoms with Crippen molar-refractivity contribution >= 4 is 29.3 Å². The molecule has 0 atom stereocenters. The number of hydrogen-bond acceptors (Lipinski definition) is 3. The molecule has 0 radical (unpaired) electrons. The van der Waals surface area contributed by atoms with Gasteiger partial charge in [-0.15, -0.1) is 0 Å². The quantitative estimate of drug-likeness (QED) is 0.663. The van der Waals surface area contributed by atoms with Crippen LogP contribution in [0.25, 0.3) is 6.08 Å². The maximum absolute atomic E-state index is 12.7. The van der Waals surface area contributed by atoms with Gasteiger partial charge in [-0.25, -0.2) is 0 Å². The highest BCUT2D eigenvalue weighted by molar-refractivity contribution is 7.80. The molecule has 4 nitrogen and oxygen atoms in total. The molecule has 1 saturated carbocycles. The van der Waals surface area contributed by atoms with Crippen LogP contribution in [0.2, 0.25) is 0 Å². The van der Waals surface area contributed by atoms with Crippen molar-refractivity contribution in [3.05, 3.63) is 35.5 Å². The van der Waals surface area contributed by atoms with Crippen molar-refractivity contribution in [2.75, 3.05) is 0 Å². The number of rotatable bonds is 4. The van der Waals surface area contributed by atoms with Crippen molar-refractivity contribution < 1.29 is 18.3 Å². The average molecular weight is 352 g/mol. The summed E-state index contributed by atoms with van der Waals surface area (Å²) in [6, 6.07) is 6.47. The fraction of sp³-hybridized carbons (Fsp3) is 0.412. The van der Waals surface area contributed by atoms with Crippen molar-refractivity contribution in [3.8, 4) is 5.75 Å². The summed E-state index contributed by atoms with van der Waals surface area (Å²) in [6.45, 7) is -2.92. The molecule has 1 N–H and O–H groups in total. The molecule has 1 aromatic carbocycles. The van der Waals surface area contributed by atoms with Gasteiger partial charge in [0, 0.05) is 11.6 Å². The van der Waals surface area contributed by atoms with E-state index in [0.29, 0.717) is 10.7 Å². The Hall–Kier alpha value is -2.02. The Balaban J connectivity index is 1.84. The van der Waals surface area contributed by atoms with Gasteiger partial charge in [-0.1, -0.05) is 37.5 Å². The van der Waals surface area contributed by atoms with E-state index in [1.54, 1.807) is 23.1 Å². The molecule has 2 aliphatic rings. The molecule has 1 aromatic rings. The van der Waals surface area contributed by atoms with Gasteiger partial charge >= 0.3 is 6.61 Å². The monoisotopic (exact) mass is 352 g/mol. The second-order valence-corrected chi connectivity index (χ2v) is 6.26. The van der Waals surface area contributed by atoms with Gasteiger partial charge in [0.05, 0.1) is 0 Å². The normalized spacial score (nSPS) is 20.8. The highest BCUT2D eigenvalue weighted by Gasteiger charge is 2.36. The zero-order chi connectivity index (χ0) is 17.1. The van der Waals surface area contributed by atoms with Crippen LogP contribution in [0, 0.1) is 0 Å². The van der Waals surface area contributed by atoms with Gasteiger partial charge in [-0.05, 0) is 37.2 Å². The summed E-state index contributed by atoms with van der Waals surface area (Å²) in [5, 5.41) is 3.29. The third kappa shape index (κ3) is 3.56. The van der Waals surface area contributed by atoms with E-state index in [2.05, 4.69) is 10.1 Å². The summed E-state index contributed by atoms with van der Waals surface area (Å²) >= 11 is 5.30. The molecule has 128 valence electrons. The minimum Gasteiger partial charge on any atom is -0.434 e. The van der Waals surface area contributed by atoms with Crippen LogP contribution < -0.4 is 10.1 Å². The lowest BCUT2D eigenvalue weighted by Gasteiger charge is -2.29. The Morgan fingerprint density at radius 3 is 2.67 bits per heavy atom. The lowest BCUT2D eigenvalue weighted by Crippen LogP contribution is -2.41. The van der Waals surface area contributed by atoms with Crippen LogP contribution in [0.4, 0.5) is 8.78 Å². The van der Waals surface area contributed by atoms with Crippen LogP contribution in [0.3, 0.4) is 0 Å². The Morgan fingerprint density at radius 1 is 1.25 bits per heavy atom. The van der Waals surface area contributed by atoms with Gasteiger partial charge in [-0.3, -0.25) is 9.69 Å². The van der Waals surface area contributed by atoms with Crippen LogP contribution in [-0.2, 0) is 4.79 Å². The second kappa shape index (κ2) is 7.25. The zero-order valence-electron chi connectivity index (χ0n) is 13.0. The number of ether oxygens (including phenoxy) is 1. The number of nitrogens with zero attached hydrogens (tertiary/aromatic N) is 1. The predicted octanol–water partition coefficient (Wildman–Crippen LogP) is 3.68. The maximum Gasteiger partial charge on any atom is 0.387 e. The van der Waals surface area contributed by atoms with E-state index in [1.807, 2.05) is 0 Å². The van der Waals surface area contributed by atoms with E-state index >= 15 is 0 Å². The van der Waals surface area contributed by atoms with Crippen molar-refractivity contribution in [1.29, 1.82) is 0 Å².